The van der Waals surface area contributed by atoms with E-state index in [1.807, 2.05) is 24.3 Å². The molecule has 0 unspecified atom stereocenters. The number of carbonyl (C=O) groups is 1. The molecule has 172 valence electrons. The lowest BCUT2D eigenvalue weighted by Gasteiger charge is -2.36. The molecule has 0 atom stereocenters. The molecule has 33 heavy (non-hydrogen) atoms. The van der Waals surface area contributed by atoms with E-state index in [0.29, 0.717) is 26.1 Å². The van der Waals surface area contributed by atoms with Crippen molar-refractivity contribution in [1.29, 1.82) is 0 Å². The number of carbonyl (C=O) groups excluding carboxylic acids is 1. The van der Waals surface area contributed by atoms with Crippen molar-refractivity contribution in [3.8, 4) is 16.9 Å². The van der Waals surface area contributed by atoms with Crippen LogP contribution in [0.5, 0.6) is 5.75 Å². The van der Waals surface area contributed by atoms with Crippen molar-refractivity contribution in [2.75, 3.05) is 24.3 Å². The van der Waals surface area contributed by atoms with Crippen LogP contribution in [0.15, 0.2) is 60.9 Å². The Morgan fingerprint density at radius 2 is 1.70 bits per heavy atom. The van der Waals surface area contributed by atoms with Crippen LogP contribution in [-0.4, -0.2) is 35.5 Å². The van der Waals surface area contributed by atoms with Crippen LogP contribution in [0.3, 0.4) is 0 Å². The molecular weight excluding hydrogens is 437 g/mol. The van der Waals surface area contributed by atoms with Crippen molar-refractivity contribution in [2.24, 2.45) is 0 Å². The molecule has 4 rings (SSSR count). The molecule has 3 aromatic rings. The second-order valence-corrected chi connectivity index (χ2v) is 7.63. The molecule has 1 aromatic heterocycles. The van der Waals surface area contributed by atoms with Gasteiger partial charge < -0.3 is 20.5 Å². The van der Waals surface area contributed by atoms with Gasteiger partial charge in [-0.3, -0.25) is 4.79 Å². The van der Waals surface area contributed by atoms with E-state index in [-0.39, 0.29) is 17.5 Å². The highest BCUT2D eigenvalue weighted by Gasteiger charge is 2.42. The van der Waals surface area contributed by atoms with E-state index in [0.717, 1.165) is 22.8 Å². The fourth-order valence-corrected chi connectivity index (χ4v) is 3.86. The fourth-order valence-electron chi connectivity index (χ4n) is 3.86. The highest BCUT2D eigenvalue weighted by molar-refractivity contribution is 5.99. The second-order valence-electron chi connectivity index (χ2n) is 7.63. The summed E-state index contributed by atoms with van der Waals surface area (Å²) in [6.45, 7) is 0.774. The largest absolute Gasteiger partial charge is 0.573 e. The number of nitrogens with two attached hydrogens (primary N) is 1. The van der Waals surface area contributed by atoms with Crippen molar-refractivity contribution < 1.29 is 27.4 Å². The average Bonchev–Trinajstić information content (AvgIpc) is 2.79. The van der Waals surface area contributed by atoms with Crippen LogP contribution < -0.4 is 15.8 Å². The standard InChI is InChI=1S/C23H21F3N4O3/c24-23(25,26)33-19-3-1-2-18(12-19)30-20(31)22(8-10-32-11-9-22)17-6-4-15(5-7-17)16-13-28-21(27)29-14-16/h1-7,12-14H,8-11H2,(H,30,31)(H2,27,28,29). The van der Waals surface area contributed by atoms with Crippen molar-refractivity contribution in [2.45, 2.75) is 24.6 Å². The average molecular weight is 458 g/mol. The van der Waals surface area contributed by atoms with E-state index >= 15 is 0 Å². The Hall–Kier alpha value is -3.66. The van der Waals surface area contributed by atoms with Gasteiger partial charge in [0, 0.05) is 42.9 Å². The quantitative estimate of drug-likeness (QED) is 0.591. The number of nitrogens with one attached hydrogen (secondary N) is 1. The summed E-state index contributed by atoms with van der Waals surface area (Å²) in [5, 5.41) is 2.75. The number of alkyl halides is 3. The minimum atomic E-state index is -4.82. The van der Waals surface area contributed by atoms with Crippen molar-refractivity contribution in [1.82, 2.24) is 9.97 Å². The van der Waals surface area contributed by atoms with Crippen LogP contribution in [0, 0.1) is 0 Å². The first-order valence-corrected chi connectivity index (χ1v) is 10.2. The summed E-state index contributed by atoms with van der Waals surface area (Å²) < 4.78 is 47.1. The van der Waals surface area contributed by atoms with E-state index < -0.39 is 17.5 Å². The van der Waals surface area contributed by atoms with Crippen LogP contribution >= 0.6 is 0 Å². The molecule has 0 saturated carbocycles. The lowest BCUT2D eigenvalue weighted by Crippen LogP contribution is -2.44. The van der Waals surface area contributed by atoms with Gasteiger partial charge in [-0.05, 0) is 36.1 Å². The Bertz CT molecular complexity index is 1110. The summed E-state index contributed by atoms with van der Waals surface area (Å²) >= 11 is 0. The van der Waals surface area contributed by atoms with E-state index in [1.54, 1.807) is 12.4 Å². The SMILES string of the molecule is Nc1ncc(-c2ccc(C3(C(=O)Nc4cccc(OC(F)(F)F)c4)CCOCC3)cc2)cn1. The number of anilines is 2. The highest BCUT2D eigenvalue weighted by atomic mass is 19.4. The first-order chi connectivity index (χ1) is 15.7. The van der Waals surface area contributed by atoms with Crippen molar-refractivity contribution in [3.05, 3.63) is 66.5 Å². The molecule has 3 N–H and O–H groups in total. The fraction of sp³-hybridized carbons (Fsp3) is 0.261. The Kier molecular flexibility index (Phi) is 6.19. The summed E-state index contributed by atoms with van der Waals surface area (Å²) in [5.41, 5.74) is 7.28. The van der Waals surface area contributed by atoms with Gasteiger partial charge in [0.1, 0.15) is 5.75 Å². The maximum Gasteiger partial charge on any atom is 0.573 e. The third-order valence-corrected chi connectivity index (χ3v) is 5.55. The topological polar surface area (TPSA) is 99.4 Å². The molecule has 0 spiro atoms. The van der Waals surface area contributed by atoms with E-state index in [1.165, 1.54) is 18.2 Å². The van der Waals surface area contributed by atoms with Gasteiger partial charge in [-0.25, -0.2) is 9.97 Å². The number of nitrogens with zero attached hydrogens (tertiary/aromatic N) is 2. The molecule has 2 aromatic carbocycles. The smallest absolute Gasteiger partial charge is 0.406 e. The van der Waals surface area contributed by atoms with E-state index in [2.05, 4.69) is 20.0 Å². The van der Waals surface area contributed by atoms with E-state index in [4.69, 9.17) is 10.5 Å². The third-order valence-electron chi connectivity index (χ3n) is 5.55. The number of amides is 1. The summed E-state index contributed by atoms with van der Waals surface area (Å²) in [4.78, 5) is 21.4. The number of hydrogen-bond donors (Lipinski definition) is 2. The van der Waals surface area contributed by atoms with Gasteiger partial charge in [0.2, 0.25) is 11.9 Å². The predicted octanol–water partition coefficient (Wildman–Crippen LogP) is 4.31. The summed E-state index contributed by atoms with van der Waals surface area (Å²) in [6, 6.07) is 12.7. The Balaban J connectivity index is 1.59. The number of aromatic nitrogens is 2. The first-order valence-electron chi connectivity index (χ1n) is 10.2. The van der Waals surface area contributed by atoms with Crippen molar-refractivity contribution >= 4 is 17.5 Å². The van der Waals surface area contributed by atoms with Gasteiger partial charge in [0.05, 0.1) is 5.41 Å². The molecule has 1 saturated heterocycles. The number of rotatable bonds is 5. The Morgan fingerprint density at radius 3 is 2.33 bits per heavy atom. The van der Waals surface area contributed by atoms with Crippen LogP contribution in [0.25, 0.3) is 11.1 Å². The van der Waals surface area contributed by atoms with Crippen LogP contribution in [0.2, 0.25) is 0 Å². The molecule has 10 heteroatoms. The molecule has 0 radical (unpaired) electrons. The maximum absolute atomic E-state index is 13.4. The van der Waals surface area contributed by atoms with Gasteiger partial charge in [-0.1, -0.05) is 30.3 Å². The molecule has 1 fully saturated rings. The van der Waals surface area contributed by atoms with E-state index in [9.17, 15) is 18.0 Å². The minimum Gasteiger partial charge on any atom is -0.406 e. The number of benzene rings is 2. The highest BCUT2D eigenvalue weighted by Crippen LogP contribution is 2.37. The number of hydrogen-bond acceptors (Lipinski definition) is 6. The zero-order valence-electron chi connectivity index (χ0n) is 17.4. The zero-order chi connectivity index (χ0) is 23.5. The minimum absolute atomic E-state index is 0.179. The second kappa shape index (κ2) is 9.07. The number of ether oxygens (including phenoxy) is 2. The number of nitrogen functional groups attached to an aromatic ring is 1. The Morgan fingerprint density at radius 1 is 1.03 bits per heavy atom. The van der Waals surface area contributed by atoms with Crippen LogP contribution in [-0.2, 0) is 14.9 Å². The van der Waals surface area contributed by atoms with Gasteiger partial charge in [-0.2, -0.15) is 0 Å². The normalized spacial score (nSPS) is 15.6. The predicted molar refractivity (Wildman–Crippen MR) is 115 cm³/mol. The molecule has 1 aliphatic heterocycles. The lowest BCUT2D eigenvalue weighted by atomic mass is 9.73. The lowest BCUT2D eigenvalue weighted by molar-refractivity contribution is -0.274. The third kappa shape index (κ3) is 5.23. The summed E-state index contributed by atoms with van der Waals surface area (Å²) in [6.07, 6.45) is -0.722. The molecule has 0 aliphatic carbocycles. The van der Waals surface area contributed by atoms with Crippen LogP contribution in [0.1, 0.15) is 18.4 Å². The van der Waals surface area contributed by atoms with Crippen molar-refractivity contribution in [3.63, 3.8) is 0 Å². The zero-order valence-corrected chi connectivity index (χ0v) is 17.4. The molecule has 1 aliphatic rings. The van der Waals surface area contributed by atoms with Gasteiger partial charge in [-0.15, -0.1) is 13.2 Å². The van der Waals surface area contributed by atoms with Gasteiger partial charge in [0.15, 0.2) is 0 Å². The molecule has 7 nitrogen and oxygen atoms in total. The monoisotopic (exact) mass is 458 g/mol. The summed E-state index contributed by atoms with van der Waals surface area (Å²) in [7, 11) is 0. The number of halogens is 3. The van der Waals surface area contributed by atoms with Gasteiger partial charge in [0.25, 0.3) is 0 Å². The van der Waals surface area contributed by atoms with Crippen LogP contribution in [0.4, 0.5) is 24.8 Å². The summed E-state index contributed by atoms with van der Waals surface area (Å²) in [5.74, 6) is -0.548. The molecule has 2 heterocycles. The van der Waals surface area contributed by atoms with Gasteiger partial charge >= 0.3 is 6.36 Å². The molecular formula is C23H21F3N4O3. The maximum atomic E-state index is 13.4. The molecule has 0 bridgehead atoms. The Labute approximate surface area is 187 Å². The molecule has 1 amide bonds. The first kappa shape index (κ1) is 22.5.